The minimum absolute atomic E-state index is 0.0168. The molecule has 4 heteroatoms. The summed E-state index contributed by atoms with van der Waals surface area (Å²) in [5.74, 6) is 0. The Kier molecular flexibility index (Phi) is 3.42. The van der Waals surface area contributed by atoms with Gasteiger partial charge < -0.3 is 4.98 Å². The second kappa shape index (κ2) is 5.09. The second-order valence-corrected chi connectivity index (χ2v) is 6.13. The van der Waals surface area contributed by atoms with E-state index in [4.69, 9.17) is 0 Å². The number of rotatable bonds is 2. The lowest BCUT2D eigenvalue weighted by atomic mass is 10.1. The number of likely N-dealkylation sites (tertiary alicyclic amines) is 1. The molecule has 0 amide bonds. The molecule has 0 radical (unpaired) electrons. The van der Waals surface area contributed by atoms with Crippen LogP contribution in [0.25, 0.3) is 11.0 Å². The number of hydrogen-bond acceptors (Lipinski definition) is 2. The molecule has 20 heavy (non-hydrogen) atoms. The van der Waals surface area contributed by atoms with Gasteiger partial charge in [-0.1, -0.05) is 6.07 Å². The van der Waals surface area contributed by atoms with Crippen molar-refractivity contribution in [2.75, 3.05) is 6.54 Å². The molecular weight excluding hydrogens is 250 g/mol. The van der Waals surface area contributed by atoms with Crippen molar-refractivity contribution in [3.8, 4) is 0 Å². The standard InChI is InChI=1S/C16H23N3O/c1-11(2)18-9-5-4-6-15(18)19-14-8-7-12(3)10-13(14)17-16(19)20/h7-8,10-11,15H,4-6,9H2,1-3H3,(H,17,20). The second-order valence-electron chi connectivity index (χ2n) is 6.13. The minimum atomic E-state index is 0.0168. The summed E-state index contributed by atoms with van der Waals surface area (Å²) in [4.78, 5) is 17.8. The van der Waals surface area contributed by atoms with Crippen LogP contribution in [0.1, 0.15) is 44.8 Å². The van der Waals surface area contributed by atoms with E-state index in [1.54, 1.807) is 0 Å². The highest BCUT2D eigenvalue weighted by Crippen LogP contribution is 2.29. The first-order valence-corrected chi connectivity index (χ1v) is 7.54. The molecule has 3 rings (SSSR count). The third-order valence-electron chi connectivity index (χ3n) is 4.34. The van der Waals surface area contributed by atoms with Gasteiger partial charge in [0.25, 0.3) is 0 Å². The Bertz CT molecular complexity index is 668. The third kappa shape index (κ3) is 2.18. The van der Waals surface area contributed by atoms with Crippen LogP contribution in [-0.4, -0.2) is 27.0 Å². The lowest BCUT2D eigenvalue weighted by Crippen LogP contribution is -2.43. The molecule has 2 heterocycles. The minimum Gasteiger partial charge on any atom is -0.305 e. The molecular formula is C16H23N3O. The fourth-order valence-electron chi connectivity index (χ4n) is 3.36. The summed E-state index contributed by atoms with van der Waals surface area (Å²) in [5, 5.41) is 0. The zero-order chi connectivity index (χ0) is 14.3. The number of aryl methyl sites for hydroxylation is 1. The number of H-pyrrole nitrogens is 1. The summed E-state index contributed by atoms with van der Waals surface area (Å²) in [6.45, 7) is 7.55. The van der Waals surface area contributed by atoms with E-state index >= 15 is 0 Å². The van der Waals surface area contributed by atoms with Gasteiger partial charge in [0.1, 0.15) is 0 Å². The van der Waals surface area contributed by atoms with Crippen LogP contribution in [0.15, 0.2) is 23.0 Å². The number of fused-ring (bicyclic) bond motifs is 1. The van der Waals surface area contributed by atoms with Crippen molar-refractivity contribution in [1.29, 1.82) is 0 Å². The number of piperidine rings is 1. The van der Waals surface area contributed by atoms with Crippen molar-refractivity contribution >= 4 is 11.0 Å². The number of nitrogens with one attached hydrogen (secondary N) is 1. The van der Waals surface area contributed by atoms with Crippen LogP contribution in [0.3, 0.4) is 0 Å². The molecule has 0 saturated carbocycles. The van der Waals surface area contributed by atoms with Crippen molar-refractivity contribution in [1.82, 2.24) is 14.5 Å². The largest absolute Gasteiger partial charge is 0.327 e. The number of nitrogens with zero attached hydrogens (tertiary/aromatic N) is 2. The number of benzene rings is 1. The van der Waals surface area contributed by atoms with E-state index in [0.717, 1.165) is 24.0 Å². The molecule has 1 atom stereocenters. The van der Waals surface area contributed by atoms with Gasteiger partial charge in [-0.2, -0.15) is 0 Å². The highest BCUT2D eigenvalue weighted by atomic mass is 16.1. The monoisotopic (exact) mass is 273 g/mol. The normalized spacial score (nSPS) is 20.9. The highest BCUT2D eigenvalue weighted by molar-refractivity contribution is 5.76. The van der Waals surface area contributed by atoms with E-state index in [-0.39, 0.29) is 11.9 Å². The molecule has 1 fully saturated rings. The number of aromatic nitrogens is 2. The van der Waals surface area contributed by atoms with Crippen LogP contribution < -0.4 is 5.69 Å². The summed E-state index contributed by atoms with van der Waals surface area (Å²) in [5.41, 5.74) is 3.17. The van der Waals surface area contributed by atoms with Gasteiger partial charge in [0.05, 0.1) is 17.2 Å². The average molecular weight is 273 g/mol. The molecule has 1 unspecified atom stereocenters. The molecule has 1 saturated heterocycles. The third-order valence-corrected chi connectivity index (χ3v) is 4.34. The maximum Gasteiger partial charge on any atom is 0.327 e. The molecule has 1 aliphatic rings. The van der Waals surface area contributed by atoms with Gasteiger partial charge >= 0.3 is 5.69 Å². The topological polar surface area (TPSA) is 41.0 Å². The lowest BCUT2D eigenvalue weighted by Gasteiger charge is -2.39. The van der Waals surface area contributed by atoms with E-state index in [1.807, 2.05) is 4.57 Å². The zero-order valence-corrected chi connectivity index (χ0v) is 12.5. The van der Waals surface area contributed by atoms with Crippen molar-refractivity contribution < 1.29 is 0 Å². The maximum atomic E-state index is 12.4. The van der Waals surface area contributed by atoms with Crippen molar-refractivity contribution in [2.45, 2.75) is 52.2 Å². The maximum absolute atomic E-state index is 12.4. The van der Waals surface area contributed by atoms with Gasteiger partial charge in [0, 0.05) is 12.6 Å². The summed E-state index contributed by atoms with van der Waals surface area (Å²) in [7, 11) is 0. The Labute approximate surface area is 119 Å². The van der Waals surface area contributed by atoms with Crippen LogP contribution in [0, 0.1) is 6.92 Å². The van der Waals surface area contributed by atoms with Gasteiger partial charge in [0.2, 0.25) is 0 Å². The molecule has 0 aliphatic carbocycles. The van der Waals surface area contributed by atoms with Crippen molar-refractivity contribution in [3.63, 3.8) is 0 Å². The summed E-state index contributed by atoms with van der Waals surface area (Å²) < 4.78 is 1.95. The average Bonchev–Trinajstić information content (AvgIpc) is 2.73. The fraction of sp³-hybridized carbons (Fsp3) is 0.562. The van der Waals surface area contributed by atoms with E-state index in [1.165, 1.54) is 18.4 Å². The fourth-order valence-corrected chi connectivity index (χ4v) is 3.36. The lowest BCUT2D eigenvalue weighted by molar-refractivity contribution is 0.0649. The first-order chi connectivity index (χ1) is 9.58. The number of imidazole rings is 1. The van der Waals surface area contributed by atoms with E-state index in [2.05, 4.69) is 48.9 Å². The number of hydrogen-bond donors (Lipinski definition) is 1. The van der Waals surface area contributed by atoms with Crippen LogP contribution in [0.5, 0.6) is 0 Å². The molecule has 2 aromatic rings. The van der Waals surface area contributed by atoms with E-state index < -0.39 is 0 Å². The molecule has 1 aromatic heterocycles. The summed E-state index contributed by atoms with van der Waals surface area (Å²) in [6.07, 6.45) is 3.66. The predicted octanol–water partition coefficient (Wildman–Crippen LogP) is 3.03. The molecule has 0 bridgehead atoms. The molecule has 1 aliphatic heterocycles. The van der Waals surface area contributed by atoms with Gasteiger partial charge in [-0.25, -0.2) is 4.79 Å². The molecule has 1 N–H and O–H groups in total. The quantitative estimate of drug-likeness (QED) is 0.913. The van der Waals surface area contributed by atoms with Gasteiger partial charge in [-0.05, 0) is 57.7 Å². The Morgan fingerprint density at radius 1 is 1.30 bits per heavy atom. The first-order valence-electron chi connectivity index (χ1n) is 7.54. The summed E-state index contributed by atoms with van der Waals surface area (Å²) >= 11 is 0. The molecule has 1 aromatic carbocycles. The Hall–Kier alpha value is -1.55. The first kappa shape index (κ1) is 13.4. The van der Waals surface area contributed by atoms with Gasteiger partial charge in [-0.3, -0.25) is 9.47 Å². The highest BCUT2D eigenvalue weighted by Gasteiger charge is 2.28. The van der Waals surface area contributed by atoms with Crippen LogP contribution in [0.2, 0.25) is 0 Å². The van der Waals surface area contributed by atoms with Crippen molar-refractivity contribution in [3.05, 3.63) is 34.2 Å². The molecule has 4 nitrogen and oxygen atoms in total. The Balaban J connectivity index is 2.12. The predicted molar refractivity (Wildman–Crippen MR) is 82.0 cm³/mol. The van der Waals surface area contributed by atoms with Gasteiger partial charge in [-0.15, -0.1) is 0 Å². The smallest absolute Gasteiger partial charge is 0.305 e. The van der Waals surface area contributed by atoms with E-state index in [9.17, 15) is 4.79 Å². The summed E-state index contributed by atoms with van der Waals surface area (Å²) in [6, 6.07) is 6.66. The van der Waals surface area contributed by atoms with E-state index in [0.29, 0.717) is 6.04 Å². The van der Waals surface area contributed by atoms with Crippen LogP contribution >= 0.6 is 0 Å². The van der Waals surface area contributed by atoms with Crippen LogP contribution in [-0.2, 0) is 0 Å². The van der Waals surface area contributed by atoms with Gasteiger partial charge in [0.15, 0.2) is 0 Å². The SMILES string of the molecule is Cc1ccc2c(c1)[nH]c(=O)n2C1CCCCN1C(C)C. The Morgan fingerprint density at radius 2 is 2.10 bits per heavy atom. The Morgan fingerprint density at radius 3 is 2.85 bits per heavy atom. The molecule has 0 spiro atoms. The molecule has 108 valence electrons. The van der Waals surface area contributed by atoms with Crippen molar-refractivity contribution in [2.24, 2.45) is 0 Å². The zero-order valence-electron chi connectivity index (χ0n) is 12.5. The van der Waals surface area contributed by atoms with Crippen LogP contribution in [0.4, 0.5) is 0 Å². The number of aromatic amines is 1.